The molecule has 118 valence electrons. The van der Waals surface area contributed by atoms with Crippen molar-refractivity contribution >= 4 is 11.6 Å². The maximum atomic E-state index is 12.1. The Morgan fingerprint density at radius 2 is 1.95 bits per heavy atom. The normalized spacial score (nSPS) is 10.8. The zero-order valence-corrected chi connectivity index (χ0v) is 13.6. The van der Waals surface area contributed by atoms with Crippen molar-refractivity contribution in [3.63, 3.8) is 0 Å². The summed E-state index contributed by atoms with van der Waals surface area (Å²) in [5.74, 6) is 1.27. The van der Waals surface area contributed by atoms with E-state index in [9.17, 15) is 4.79 Å². The van der Waals surface area contributed by atoms with Crippen molar-refractivity contribution in [1.82, 2.24) is 10.2 Å². The fraction of sp³-hybridized carbons (Fsp3) is 0.412. The molecule has 0 fully saturated rings. The van der Waals surface area contributed by atoms with E-state index in [1.807, 2.05) is 38.1 Å². The van der Waals surface area contributed by atoms with Gasteiger partial charge in [0.15, 0.2) is 0 Å². The maximum absolute atomic E-state index is 12.1. The second kappa shape index (κ2) is 7.11. The van der Waals surface area contributed by atoms with Gasteiger partial charge in [-0.3, -0.25) is 9.89 Å². The number of H-pyrrole nitrogens is 1. The van der Waals surface area contributed by atoms with Crippen molar-refractivity contribution in [2.75, 3.05) is 11.9 Å². The first-order valence-electron chi connectivity index (χ1n) is 7.49. The molecule has 22 heavy (non-hydrogen) atoms. The second-order valence-electron chi connectivity index (χ2n) is 5.88. The van der Waals surface area contributed by atoms with Crippen molar-refractivity contribution in [2.24, 2.45) is 5.92 Å². The van der Waals surface area contributed by atoms with Gasteiger partial charge >= 0.3 is 0 Å². The van der Waals surface area contributed by atoms with Gasteiger partial charge in [-0.2, -0.15) is 5.10 Å². The third kappa shape index (κ3) is 4.35. The zero-order chi connectivity index (χ0) is 16.1. The largest absolute Gasteiger partial charge is 0.493 e. The highest BCUT2D eigenvalue weighted by molar-refractivity contribution is 5.93. The molecule has 0 unspecified atom stereocenters. The minimum Gasteiger partial charge on any atom is -0.493 e. The summed E-state index contributed by atoms with van der Waals surface area (Å²) in [7, 11) is 0. The van der Waals surface area contributed by atoms with Crippen LogP contribution in [0.25, 0.3) is 0 Å². The number of hydrogen-bond acceptors (Lipinski definition) is 3. The molecule has 5 heteroatoms. The van der Waals surface area contributed by atoms with Crippen LogP contribution in [0.4, 0.5) is 5.69 Å². The minimum absolute atomic E-state index is 0.0524. The van der Waals surface area contributed by atoms with E-state index in [1.54, 1.807) is 0 Å². The van der Waals surface area contributed by atoms with Crippen LogP contribution in [-0.2, 0) is 11.2 Å². The lowest BCUT2D eigenvalue weighted by molar-refractivity contribution is -0.115. The van der Waals surface area contributed by atoms with Crippen LogP contribution in [0.2, 0.25) is 0 Å². The Kier molecular flexibility index (Phi) is 5.20. The molecule has 2 rings (SSSR count). The minimum atomic E-state index is -0.0524. The molecule has 0 aliphatic carbocycles. The maximum Gasteiger partial charge on any atom is 0.228 e. The van der Waals surface area contributed by atoms with E-state index >= 15 is 0 Å². The van der Waals surface area contributed by atoms with Gasteiger partial charge in [0.1, 0.15) is 5.75 Å². The van der Waals surface area contributed by atoms with Crippen LogP contribution < -0.4 is 10.1 Å². The molecule has 5 nitrogen and oxygen atoms in total. The molecule has 1 amide bonds. The summed E-state index contributed by atoms with van der Waals surface area (Å²) in [4.78, 5) is 12.1. The highest BCUT2D eigenvalue weighted by Gasteiger charge is 2.10. The summed E-state index contributed by atoms with van der Waals surface area (Å²) in [5.41, 5.74) is 3.38. The average molecular weight is 301 g/mol. The number of aromatic nitrogens is 2. The number of anilines is 1. The predicted octanol–water partition coefficient (Wildman–Crippen LogP) is 3.24. The van der Waals surface area contributed by atoms with Crippen LogP contribution in [0.1, 0.15) is 30.8 Å². The molecule has 0 atom stereocenters. The summed E-state index contributed by atoms with van der Waals surface area (Å²) in [6.07, 6.45) is 0.328. The number of nitrogens with zero attached hydrogens (tertiary/aromatic N) is 1. The molecule has 0 aliphatic rings. The SMILES string of the molecule is Cc1n[nH]c(C)c1NC(=O)Cc1ccc(OCC(C)C)cc1. The standard InChI is InChI=1S/C17H23N3O2/c1-11(2)10-22-15-7-5-14(6-8-15)9-16(21)18-17-12(3)19-20-13(17)4/h5-8,11H,9-10H2,1-4H3,(H,18,21)(H,19,20). The van der Waals surface area contributed by atoms with E-state index in [-0.39, 0.29) is 5.91 Å². The van der Waals surface area contributed by atoms with Crippen molar-refractivity contribution in [2.45, 2.75) is 34.1 Å². The van der Waals surface area contributed by atoms with Crippen LogP contribution in [0.5, 0.6) is 5.75 Å². The number of carbonyl (C=O) groups is 1. The van der Waals surface area contributed by atoms with Gasteiger partial charge < -0.3 is 10.1 Å². The molecule has 0 bridgehead atoms. The summed E-state index contributed by atoms with van der Waals surface area (Å²) in [6.45, 7) is 8.66. The lowest BCUT2D eigenvalue weighted by atomic mass is 10.1. The van der Waals surface area contributed by atoms with Crippen LogP contribution in [0, 0.1) is 19.8 Å². The van der Waals surface area contributed by atoms with Gasteiger partial charge in [0, 0.05) is 0 Å². The predicted molar refractivity (Wildman–Crippen MR) is 87.2 cm³/mol. The van der Waals surface area contributed by atoms with Gasteiger partial charge in [-0.15, -0.1) is 0 Å². The lowest BCUT2D eigenvalue weighted by Crippen LogP contribution is -2.15. The highest BCUT2D eigenvalue weighted by Crippen LogP contribution is 2.17. The summed E-state index contributed by atoms with van der Waals surface area (Å²) >= 11 is 0. The van der Waals surface area contributed by atoms with Crippen molar-refractivity contribution in [1.29, 1.82) is 0 Å². The first-order chi connectivity index (χ1) is 10.5. The molecular weight excluding hydrogens is 278 g/mol. The zero-order valence-electron chi connectivity index (χ0n) is 13.6. The van der Waals surface area contributed by atoms with E-state index in [4.69, 9.17) is 4.74 Å². The number of ether oxygens (including phenoxy) is 1. The number of nitrogens with one attached hydrogen (secondary N) is 2. The summed E-state index contributed by atoms with van der Waals surface area (Å²) in [5, 5.41) is 9.82. The van der Waals surface area contributed by atoms with E-state index in [0.29, 0.717) is 18.9 Å². The molecule has 2 aromatic rings. The quantitative estimate of drug-likeness (QED) is 0.860. The van der Waals surface area contributed by atoms with Gasteiger partial charge in [0.25, 0.3) is 0 Å². The topological polar surface area (TPSA) is 67.0 Å². The number of amides is 1. The number of rotatable bonds is 6. The molecule has 0 radical (unpaired) electrons. The van der Waals surface area contributed by atoms with Gasteiger partial charge in [0.05, 0.1) is 30.1 Å². The van der Waals surface area contributed by atoms with Crippen molar-refractivity contribution in [3.05, 3.63) is 41.2 Å². The molecule has 0 aliphatic heterocycles. The smallest absolute Gasteiger partial charge is 0.228 e. The molecule has 0 saturated heterocycles. The van der Waals surface area contributed by atoms with Gasteiger partial charge in [-0.1, -0.05) is 26.0 Å². The van der Waals surface area contributed by atoms with Crippen LogP contribution in [0.15, 0.2) is 24.3 Å². The lowest BCUT2D eigenvalue weighted by Gasteiger charge is -2.09. The monoisotopic (exact) mass is 301 g/mol. The van der Waals surface area contributed by atoms with Gasteiger partial charge in [0.2, 0.25) is 5.91 Å². The Morgan fingerprint density at radius 3 is 2.50 bits per heavy atom. The molecule has 1 heterocycles. The molecule has 0 saturated carbocycles. The van der Waals surface area contributed by atoms with E-state index in [0.717, 1.165) is 28.4 Å². The summed E-state index contributed by atoms with van der Waals surface area (Å²) in [6, 6.07) is 7.65. The molecule has 2 N–H and O–H groups in total. The van der Waals surface area contributed by atoms with Crippen LogP contribution >= 0.6 is 0 Å². The molecule has 0 spiro atoms. The number of aromatic amines is 1. The van der Waals surface area contributed by atoms with E-state index in [1.165, 1.54) is 0 Å². The van der Waals surface area contributed by atoms with Crippen molar-refractivity contribution in [3.8, 4) is 5.75 Å². The van der Waals surface area contributed by atoms with Crippen molar-refractivity contribution < 1.29 is 9.53 Å². The average Bonchev–Trinajstić information content (AvgIpc) is 2.78. The summed E-state index contributed by atoms with van der Waals surface area (Å²) < 4.78 is 5.63. The fourth-order valence-corrected chi connectivity index (χ4v) is 2.07. The first-order valence-corrected chi connectivity index (χ1v) is 7.49. The van der Waals surface area contributed by atoms with E-state index < -0.39 is 0 Å². The number of carbonyl (C=O) groups excluding carboxylic acids is 1. The number of benzene rings is 1. The first kappa shape index (κ1) is 16.1. The van der Waals surface area contributed by atoms with Crippen LogP contribution in [0.3, 0.4) is 0 Å². The number of aryl methyl sites for hydroxylation is 2. The second-order valence-corrected chi connectivity index (χ2v) is 5.88. The highest BCUT2D eigenvalue weighted by atomic mass is 16.5. The third-order valence-corrected chi connectivity index (χ3v) is 3.26. The molecular formula is C17H23N3O2. The third-order valence-electron chi connectivity index (χ3n) is 3.26. The van der Waals surface area contributed by atoms with Gasteiger partial charge in [-0.05, 0) is 37.5 Å². The number of hydrogen-bond donors (Lipinski definition) is 2. The fourth-order valence-electron chi connectivity index (χ4n) is 2.07. The Balaban J connectivity index is 1.92. The van der Waals surface area contributed by atoms with E-state index in [2.05, 4.69) is 29.4 Å². The molecule has 1 aromatic heterocycles. The Morgan fingerprint density at radius 1 is 1.27 bits per heavy atom. The molecule has 1 aromatic carbocycles. The van der Waals surface area contributed by atoms with Gasteiger partial charge in [-0.25, -0.2) is 0 Å². The Hall–Kier alpha value is -2.30. The Labute approximate surface area is 131 Å². The Bertz CT molecular complexity index is 610. The van der Waals surface area contributed by atoms with Crippen LogP contribution in [-0.4, -0.2) is 22.7 Å².